The smallest absolute Gasteiger partial charge is 0.203 e. The first kappa shape index (κ1) is 12.1. The average Bonchev–Trinajstić information content (AvgIpc) is 2.49. The van der Waals surface area contributed by atoms with Gasteiger partial charge in [-0.2, -0.15) is 0 Å². The highest BCUT2D eigenvalue weighted by Gasteiger charge is 2.11. The van der Waals surface area contributed by atoms with Crippen LogP contribution in [0.1, 0.15) is 47.1 Å². The molecule has 3 heteroatoms. The summed E-state index contributed by atoms with van der Waals surface area (Å²) in [5.74, 6) is 1.70. The Morgan fingerprint density at radius 1 is 1.27 bits per heavy atom. The Morgan fingerprint density at radius 3 is 2.47 bits per heavy atom. The van der Waals surface area contributed by atoms with Crippen LogP contribution in [0.25, 0.3) is 0 Å². The van der Waals surface area contributed by atoms with Crippen LogP contribution in [0.15, 0.2) is 12.4 Å². The molecule has 1 aromatic rings. The topological polar surface area (TPSA) is 29.9 Å². The molecule has 1 aromatic heterocycles. The van der Waals surface area contributed by atoms with E-state index in [4.69, 9.17) is 0 Å². The van der Waals surface area contributed by atoms with Gasteiger partial charge in [-0.05, 0) is 33.1 Å². The largest absolute Gasteiger partial charge is 0.353 e. The molecule has 0 aliphatic heterocycles. The summed E-state index contributed by atoms with van der Waals surface area (Å²) in [5.41, 5.74) is 0. The van der Waals surface area contributed by atoms with E-state index >= 15 is 0 Å². The SMILES string of the molecule is CC(C)CC(C)n1ccnc1NC(C)C. The van der Waals surface area contributed by atoms with Crippen LogP contribution in [0.5, 0.6) is 0 Å². The lowest BCUT2D eigenvalue weighted by molar-refractivity contribution is 0.430. The van der Waals surface area contributed by atoms with Crippen LogP contribution in [0.3, 0.4) is 0 Å². The predicted octanol–water partition coefficient (Wildman–Crippen LogP) is 3.31. The highest BCUT2D eigenvalue weighted by molar-refractivity contribution is 5.27. The van der Waals surface area contributed by atoms with E-state index in [0.29, 0.717) is 18.0 Å². The van der Waals surface area contributed by atoms with E-state index in [0.717, 1.165) is 5.95 Å². The van der Waals surface area contributed by atoms with Gasteiger partial charge in [0.1, 0.15) is 0 Å². The first-order valence-electron chi connectivity index (χ1n) is 5.80. The standard InChI is InChI=1S/C12H23N3/c1-9(2)8-11(5)15-7-6-13-12(15)14-10(3)4/h6-7,9-11H,8H2,1-5H3,(H,13,14). The third-order valence-electron chi connectivity index (χ3n) is 2.37. The van der Waals surface area contributed by atoms with Gasteiger partial charge in [-0.15, -0.1) is 0 Å². The third-order valence-corrected chi connectivity index (χ3v) is 2.37. The summed E-state index contributed by atoms with van der Waals surface area (Å²) >= 11 is 0. The van der Waals surface area contributed by atoms with Gasteiger partial charge in [0.2, 0.25) is 5.95 Å². The van der Waals surface area contributed by atoms with E-state index in [9.17, 15) is 0 Å². The molecule has 0 aromatic carbocycles. The Kier molecular flexibility index (Phi) is 4.18. The highest BCUT2D eigenvalue weighted by atomic mass is 15.2. The molecular formula is C12H23N3. The van der Waals surface area contributed by atoms with Crippen LogP contribution in [-0.2, 0) is 0 Å². The van der Waals surface area contributed by atoms with Gasteiger partial charge in [0.25, 0.3) is 0 Å². The number of hydrogen-bond donors (Lipinski definition) is 1. The minimum absolute atomic E-state index is 0.428. The fraction of sp³-hybridized carbons (Fsp3) is 0.750. The van der Waals surface area contributed by atoms with Gasteiger partial charge >= 0.3 is 0 Å². The molecule has 0 bridgehead atoms. The van der Waals surface area contributed by atoms with Gasteiger partial charge in [-0.1, -0.05) is 13.8 Å². The van der Waals surface area contributed by atoms with E-state index in [1.165, 1.54) is 6.42 Å². The summed E-state index contributed by atoms with van der Waals surface area (Å²) in [7, 11) is 0. The maximum atomic E-state index is 4.34. The van der Waals surface area contributed by atoms with Crippen molar-refractivity contribution in [1.29, 1.82) is 0 Å². The summed E-state index contributed by atoms with van der Waals surface area (Å²) in [4.78, 5) is 4.34. The average molecular weight is 209 g/mol. The zero-order valence-corrected chi connectivity index (χ0v) is 10.5. The van der Waals surface area contributed by atoms with Gasteiger partial charge in [0.15, 0.2) is 0 Å². The molecule has 86 valence electrons. The number of imidazole rings is 1. The molecule has 1 atom stereocenters. The summed E-state index contributed by atoms with van der Waals surface area (Å²) in [6.45, 7) is 11.0. The molecule has 0 saturated carbocycles. The first-order chi connectivity index (χ1) is 7.00. The normalized spacial score (nSPS) is 13.5. The minimum atomic E-state index is 0.428. The van der Waals surface area contributed by atoms with Crippen LogP contribution < -0.4 is 5.32 Å². The maximum absolute atomic E-state index is 4.34. The van der Waals surface area contributed by atoms with Crippen LogP contribution in [0.2, 0.25) is 0 Å². The van der Waals surface area contributed by atoms with Crippen molar-refractivity contribution in [1.82, 2.24) is 9.55 Å². The molecule has 3 nitrogen and oxygen atoms in total. The quantitative estimate of drug-likeness (QED) is 0.806. The molecule has 0 saturated heterocycles. The number of rotatable bonds is 5. The Balaban J connectivity index is 2.71. The Labute approximate surface area is 92.9 Å². The molecule has 1 heterocycles. The number of nitrogens with one attached hydrogen (secondary N) is 1. The number of nitrogens with zero attached hydrogens (tertiary/aromatic N) is 2. The zero-order valence-electron chi connectivity index (χ0n) is 10.5. The molecule has 1 rings (SSSR count). The van der Waals surface area contributed by atoms with Crippen molar-refractivity contribution in [3.05, 3.63) is 12.4 Å². The van der Waals surface area contributed by atoms with Crippen LogP contribution in [0, 0.1) is 5.92 Å². The number of hydrogen-bond acceptors (Lipinski definition) is 2. The monoisotopic (exact) mass is 209 g/mol. The minimum Gasteiger partial charge on any atom is -0.353 e. The predicted molar refractivity (Wildman–Crippen MR) is 65.2 cm³/mol. The number of aromatic nitrogens is 2. The van der Waals surface area contributed by atoms with E-state index in [1.54, 1.807) is 0 Å². The summed E-state index contributed by atoms with van der Waals surface area (Å²) < 4.78 is 2.22. The van der Waals surface area contributed by atoms with Crippen molar-refractivity contribution in [2.75, 3.05) is 5.32 Å². The Morgan fingerprint density at radius 2 is 1.93 bits per heavy atom. The highest BCUT2D eigenvalue weighted by Crippen LogP contribution is 2.20. The van der Waals surface area contributed by atoms with Crippen molar-refractivity contribution < 1.29 is 0 Å². The molecule has 0 fully saturated rings. The zero-order chi connectivity index (χ0) is 11.4. The summed E-state index contributed by atoms with van der Waals surface area (Å²) in [6, 6.07) is 0.936. The van der Waals surface area contributed by atoms with Gasteiger partial charge < -0.3 is 9.88 Å². The molecule has 0 aliphatic carbocycles. The van der Waals surface area contributed by atoms with Crippen molar-refractivity contribution >= 4 is 5.95 Å². The third kappa shape index (κ3) is 3.57. The van der Waals surface area contributed by atoms with Crippen LogP contribution in [-0.4, -0.2) is 15.6 Å². The Bertz CT molecular complexity index is 289. The summed E-state index contributed by atoms with van der Waals surface area (Å²) in [5, 5.41) is 3.36. The fourth-order valence-electron chi connectivity index (χ4n) is 1.83. The van der Waals surface area contributed by atoms with Crippen molar-refractivity contribution in [2.45, 2.75) is 53.1 Å². The second-order valence-electron chi connectivity index (χ2n) is 4.94. The van der Waals surface area contributed by atoms with E-state index < -0.39 is 0 Å². The second-order valence-corrected chi connectivity index (χ2v) is 4.94. The lowest BCUT2D eigenvalue weighted by atomic mass is 10.1. The van der Waals surface area contributed by atoms with Crippen molar-refractivity contribution in [2.24, 2.45) is 5.92 Å². The molecule has 1 unspecified atom stereocenters. The van der Waals surface area contributed by atoms with Gasteiger partial charge in [-0.25, -0.2) is 4.98 Å². The fourth-order valence-corrected chi connectivity index (χ4v) is 1.83. The van der Waals surface area contributed by atoms with Crippen molar-refractivity contribution in [3.63, 3.8) is 0 Å². The molecular weight excluding hydrogens is 186 g/mol. The molecule has 0 amide bonds. The molecule has 15 heavy (non-hydrogen) atoms. The molecule has 1 N–H and O–H groups in total. The van der Waals surface area contributed by atoms with Gasteiger partial charge in [0.05, 0.1) is 0 Å². The van der Waals surface area contributed by atoms with Crippen LogP contribution >= 0.6 is 0 Å². The van der Waals surface area contributed by atoms with Gasteiger partial charge in [0, 0.05) is 24.5 Å². The first-order valence-corrected chi connectivity index (χ1v) is 5.80. The van der Waals surface area contributed by atoms with E-state index in [2.05, 4.69) is 55.7 Å². The van der Waals surface area contributed by atoms with E-state index in [-0.39, 0.29) is 0 Å². The maximum Gasteiger partial charge on any atom is 0.203 e. The second kappa shape index (κ2) is 5.19. The lowest BCUT2D eigenvalue weighted by Crippen LogP contribution is -2.17. The molecule has 0 spiro atoms. The van der Waals surface area contributed by atoms with Crippen LogP contribution in [0.4, 0.5) is 5.95 Å². The lowest BCUT2D eigenvalue weighted by Gasteiger charge is -2.19. The number of anilines is 1. The summed E-state index contributed by atoms with van der Waals surface area (Å²) in [6.07, 6.45) is 5.10. The molecule has 0 aliphatic rings. The van der Waals surface area contributed by atoms with E-state index in [1.807, 2.05) is 6.20 Å². The molecule has 0 radical (unpaired) electrons. The Hall–Kier alpha value is -0.990. The van der Waals surface area contributed by atoms with Gasteiger partial charge in [-0.3, -0.25) is 0 Å². The van der Waals surface area contributed by atoms with Crippen molar-refractivity contribution in [3.8, 4) is 0 Å².